The molecule has 0 saturated heterocycles. The molecule has 0 bridgehead atoms. The van der Waals surface area contributed by atoms with Gasteiger partial charge in [0.25, 0.3) is 11.6 Å². The summed E-state index contributed by atoms with van der Waals surface area (Å²) in [6.07, 6.45) is 3.18. The number of carbonyl (C=O) groups is 1. The lowest BCUT2D eigenvalue weighted by Crippen LogP contribution is -2.41. The summed E-state index contributed by atoms with van der Waals surface area (Å²) in [6.45, 7) is 0. The van der Waals surface area contributed by atoms with Crippen molar-refractivity contribution in [1.29, 1.82) is 0 Å². The Balaban J connectivity index is 2.20. The summed E-state index contributed by atoms with van der Waals surface area (Å²) >= 11 is 5.79. The van der Waals surface area contributed by atoms with Crippen molar-refractivity contribution in [3.63, 3.8) is 0 Å². The molecule has 0 heterocycles. The van der Waals surface area contributed by atoms with Crippen molar-refractivity contribution < 1.29 is 9.72 Å². The molecule has 6 heteroatoms. The molecular formula is C12H13ClN2O3. The zero-order chi connectivity index (χ0) is 13.3. The lowest BCUT2D eigenvalue weighted by atomic mass is 9.91. The molecule has 0 N–H and O–H groups in total. The fourth-order valence-electron chi connectivity index (χ4n) is 1.93. The quantitative estimate of drug-likeness (QED) is 0.625. The van der Waals surface area contributed by atoms with E-state index in [9.17, 15) is 14.9 Å². The molecule has 1 aliphatic rings. The number of hydrogen-bond donors (Lipinski definition) is 0. The minimum Gasteiger partial charge on any atom is -0.339 e. The van der Waals surface area contributed by atoms with E-state index in [1.807, 2.05) is 0 Å². The second-order valence-electron chi connectivity index (χ2n) is 4.42. The van der Waals surface area contributed by atoms with E-state index >= 15 is 0 Å². The van der Waals surface area contributed by atoms with Gasteiger partial charge in [-0.3, -0.25) is 14.9 Å². The van der Waals surface area contributed by atoms with E-state index in [0.29, 0.717) is 5.56 Å². The molecule has 18 heavy (non-hydrogen) atoms. The van der Waals surface area contributed by atoms with Crippen LogP contribution in [0.1, 0.15) is 29.6 Å². The molecule has 0 aliphatic heterocycles. The van der Waals surface area contributed by atoms with Crippen molar-refractivity contribution in [3.05, 3.63) is 38.9 Å². The molecule has 1 amide bonds. The van der Waals surface area contributed by atoms with Gasteiger partial charge >= 0.3 is 0 Å². The molecule has 0 radical (unpaired) electrons. The second kappa shape index (κ2) is 4.94. The van der Waals surface area contributed by atoms with Crippen molar-refractivity contribution >= 4 is 23.2 Å². The minimum atomic E-state index is -0.563. The fourth-order valence-corrected chi connectivity index (χ4v) is 2.18. The summed E-state index contributed by atoms with van der Waals surface area (Å²) < 4.78 is 0. The smallest absolute Gasteiger partial charge is 0.287 e. The zero-order valence-corrected chi connectivity index (χ0v) is 10.7. The molecule has 1 aromatic carbocycles. The van der Waals surface area contributed by atoms with Crippen LogP contribution in [-0.2, 0) is 0 Å². The first-order valence-electron chi connectivity index (χ1n) is 5.72. The van der Waals surface area contributed by atoms with E-state index in [4.69, 9.17) is 11.6 Å². The van der Waals surface area contributed by atoms with Crippen molar-refractivity contribution in [1.82, 2.24) is 4.90 Å². The average molecular weight is 269 g/mol. The number of rotatable bonds is 3. The number of nitro benzene ring substituents is 1. The highest BCUT2D eigenvalue weighted by molar-refractivity contribution is 6.33. The maximum Gasteiger partial charge on any atom is 0.287 e. The molecule has 0 unspecified atom stereocenters. The summed E-state index contributed by atoms with van der Waals surface area (Å²) in [5.41, 5.74) is 0.208. The van der Waals surface area contributed by atoms with E-state index in [1.165, 1.54) is 18.2 Å². The number of benzene rings is 1. The van der Waals surface area contributed by atoms with Crippen LogP contribution in [0.5, 0.6) is 0 Å². The fraction of sp³-hybridized carbons (Fsp3) is 0.417. The van der Waals surface area contributed by atoms with Crippen LogP contribution in [0.4, 0.5) is 5.69 Å². The number of carbonyl (C=O) groups excluding carboxylic acids is 1. The Bertz CT molecular complexity index is 500. The largest absolute Gasteiger partial charge is 0.339 e. The maximum absolute atomic E-state index is 12.1. The Kier molecular flexibility index (Phi) is 3.52. The highest BCUT2D eigenvalue weighted by Crippen LogP contribution is 2.28. The standard InChI is InChI=1S/C12H13ClN2O3/c1-14(9-3-2-4-9)12(16)8-5-6-11(15(17)18)10(13)7-8/h5-7,9H,2-4H2,1H3. The van der Waals surface area contributed by atoms with E-state index in [0.717, 1.165) is 19.3 Å². The van der Waals surface area contributed by atoms with Crippen LogP contribution in [0.2, 0.25) is 5.02 Å². The van der Waals surface area contributed by atoms with Crippen molar-refractivity contribution in [3.8, 4) is 0 Å². The third-order valence-electron chi connectivity index (χ3n) is 3.33. The van der Waals surface area contributed by atoms with Crippen molar-refractivity contribution in [2.45, 2.75) is 25.3 Å². The monoisotopic (exact) mass is 268 g/mol. The summed E-state index contributed by atoms with van der Waals surface area (Å²) in [7, 11) is 1.75. The number of amides is 1. The number of nitro groups is 1. The van der Waals surface area contributed by atoms with Gasteiger partial charge in [0.15, 0.2) is 0 Å². The second-order valence-corrected chi connectivity index (χ2v) is 4.83. The first kappa shape index (κ1) is 12.8. The summed E-state index contributed by atoms with van der Waals surface area (Å²) in [6, 6.07) is 4.36. The van der Waals surface area contributed by atoms with E-state index < -0.39 is 4.92 Å². The number of halogens is 1. The molecule has 0 aromatic heterocycles. The SMILES string of the molecule is CN(C(=O)c1ccc([N+](=O)[O-])c(Cl)c1)C1CCC1. The Hall–Kier alpha value is -1.62. The summed E-state index contributed by atoms with van der Waals surface area (Å²) in [5, 5.41) is 10.6. The van der Waals surface area contributed by atoms with Crippen LogP contribution >= 0.6 is 11.6 Å². The lowest BCUT2D eigenvalue weighted by molar-refractivity contribution is -0.384. The molecule has 96 valence electrons. The Morgan fingerprint density at radius 3 is 2.61 bits per heavy atom. The van der Waals surface area contributed by atoms with Crippen LogP contribution in [0, 0.1) is 10.1 Å². The average Bonchev–Trinajstić information content (AvgIpc) is 2.24. The Morgan fingerprint density at radius 1 is 1.50 bits per heavy atom. The first-order chi connectivity index (χ1) is 8.50. The van der Waals surface area contributed by atoms with Gasteiger partial charge < -0.3 is 4.90 Å². The van der Waals surface area contributed by atoms with Gasteiger partial charge in [0.1, 0.15) is 5.02 Å². The Morgan fingerprint density at radius 2 is 2.17 bits per heavy atom. The third-order valence-corrected chi connectivity index (χ3v) is 3.64. The van der Waals surface area contributed by atoms with Gasteiger partial charge in [0.2, 0.25) is 0 Å². The van der Waals surface area contributed by atoms with E-state index in [1.54, 1.807) is 11.9 Å². The molecular weight excluding hydrogens is 256 g/mol. The highest BCUT2D eigenvalue weighted by Gasteiger charge is 2.27. The topological polar surface area (TPSA) is 63.5 Å². The van der Waals surface area contributed by atoms with E-state index in [-0.39, 0.29) is 22.7 Å². The predicted octanol–water partition coefficient (Wildman–Crippen LogP) is 2.87. The van der Waals surface area contributed by atoms with Crippen molar-refractivity contribution in [2.24, 2.45) is 0 Å². The molecule has 2 rings (SSSR count). The lowest BCUT2D eigenvalue weighted by Gasteiger charge is -2.34. The first-order valence-corrected chi connectivity index (χ1v) is 6.09. The maximum atomic E-state index is 12.1. The van der Waals surface area contributed by atoms with Gasteiger partial charge in [-0.25, -0.2) is 0 Å². The van der Waals surface area contributed by atoms with Gasteiger partial charge in [-0.05, 0) is 31.4 Å². The minimum absolute atomic E-state index is 0.00661. The predicted molar refractivity (Wildman–Crippen MR) is 67.8 cm³/mol. The van der Waals surface area contributed by atoms with Crippen LogP contribution in [0.15, 0.2) is 18.2 Å². The van der Waals surface area contributed by atoms with Crippen molar-refractivity contribution in [2.75, 3.05) is 7.05 Å². The van der Waals surface area contributed by atoms with Crippen LogP contribution in [0.25, 0.3) is 0 Å². The molecule has 5 nitrogen and oxygen atoms in total. The molecule has 1 saturated carbocycles. The molecule has 1 aliphatic carbocycles. The van der Waals surface area contributed by atoms with Crippen LogP contribution < -0.4 is 0 Å². The summed E-state index contributed by atoms with van der Waals surface area (Å²) in [5.74, 6) is -0.142. The molecule has 1 aromatic rings. The van der Waals surface area contributed by atoms with Gasteiger partial charge in [0, 0.05) is 24.7 Å². The molecule has 0 atom stereocenters. The zero-order valence-electron chi connectivity index (χ0n) is 9.93. The number of hydrogen-bond acceptors (Lipinski definition) is 3. The number of nitrogens with zero attached hydrogens (tertiary/aromatic N) is 2. The van der Waals surface area contributed by atoms with Crippen LogP contribution in [0.3, 0.4) is 0 Å². The van der Waals surface area contributed by atoms with Gasteiger partial charge in [-0.2, -0.15) is 0 Å². The van der Waals surface area contributed by atoms with Gasteiger partial charge in [-0.15, -0.1) is 0 Å². The van der Waals surface area contributed by atoms with Gasteiger partial charge in [0.05, 0.1) is 4.92 Å². The molecule has 1 fully saturated rings. The Labute approximate surface area is 109 Å². The highest BCUT2D eigenvalue weighted by atomic mass is 35.5. The van der Waals surface area contributed by atoms with E-state index in [2.05, 4.69) is 0 Å². The molecule has 0 spiro atoms. The van der Waals surface area contributed by atoms with Gasteiger partial charge in [-0.1, -0.05) is 11.6 Å². The third kappa shape index (κ3) is 2.31. The summed E-state index contributed by atoms with van der Waals surface area (Å²) in [4.78, 5) is 23.9. The van der Waals surface area contributed by atoms with Crippen LogP contribution in [-0.4, -0.2) is 28.8 Å². The normalized spacial score (nSPS) is 15.0.